The summed E-state index contributed by atoms with van der Waals surface area (Å²) in [6.07, 6.45) is 3.18. The molecule has 0 unspecified atom stereocenters. The van der Waals surface area contributed by atoms with Crippen molar-refractivity contribution >= 4 is 5.97 Å². The van der Waals surface area contributed by atoms with Gasteiger partial charge in [0.15, 0.2) is 0 Å². The number of carbonyl (C=O) groups excluding carboxylic acids is 1. The molecule has 1 saturated carbocycles. The first-order valence-corrected chi connectivity index (χ1v) is 5.65. The highest BCUT2D eigenvalue weighted by molar-refractivity contribution is 5.76. The normalized spacial score (nSPS) is 30.7. The van der Waals surface area contributed by atoms with Crippen LogP contribution >= 0.6 is 0 Å². The Labute approximate surface area is 90.8 Å². The van der Waals surface area contributed by atoms with Crippen molar-refractivity contribution in [2.24, 2.45) is 11.7 Å². The zero-order valence-electron chi connectivity index (χ0n) is 9.48. The number of rotatable bonds is 3. The molecule has 0 aromatic carbocycles. The van der Waals surface area contributed by atoms with Crippen molar-refractivity contribution in [3.8, 4) is 0 Å². The summed E-state index contributed by atoms with van der Waals surface area (Å²) in [5.74, 6) is 0.245. The zero-order valence-corrected chi connectivity index (χ0v) is 9.48. The largest absolute Gasteiger partial charge is 0.461 e. The standard InChI is InChI=1S/C11H21NO3/c1-7-3-5-9(6-4-7)15-11(14)10(12)8(2)13/h7-10,13H,3-6,12H2,1-2H3/t7?,8-,9?,10+/m1/s1. The molecular weight excluding hydrogens is 194 g/mol. The lowest BCUT2D eigenvalue weighted by Gasteiger charge is -2.27. The number of carbonyl (C=O) groups is 1. The molecule has 0 aromatic heterocycles. The van der Waals surface area contributed by atoms with Crippen molar-refractivity contribution in [2.45, 2.75) is 57.8 Å². The summed E-state index contributed by atoms with van der Waals surface area (Å²) in [5.41, 5.74) is 5.48. The Hall–Kier alpha value is -0.610. The zero-order chi connectivity index (χ0) is 11.4. The maximum absolute atomic E-state index is 11.4. The van der Waals surface area contributed by atoms with Crippen LogP contribution in [0.1, 0.15) is 39.5 Å². The minimum Gasteiger partial charge on any atom is -0.461 e. The van der Waals surface area contributed by atoms with E-state index in [1.165, 1.54) is 6.92 Å². The van der Waals surface area contributed by atoms with Gasteiger partial charge in [0.25, 0.3) is 0 Å². The predicted octanol–water partition coefficient (Wildman–Crippen LogP) is 0.816. The molecule has 88 valence electrons. The van der Waals surface area contributed by atoms with Gasteiger partial charge in [0.1, 0.15) is 12.1 Å². The van der Waals surface area contributed by atoms with Gasteiger partial charge in [-0.2, -0.15) is 0 Å². The van der Waals surface area contributed by atoms with Gasteiger partial charge in [0.2, 0.25) is 0 Å². The summed E-state index contributed by atoms with van der Waals surface area (Å²) < 4.78 is 5.24. The van der Waals surface area contributed by atoms with Crippen molar-refractivity contribution in [2.75, 3.05) is 0 Å². The Balaban J connectivity index is 2.32. The summed E-state index contributed by atoms with van der Waals surface area (Å²) in [6, 6.07) is -0.913. The summed E-state index contributed by atoms with van der Waals surface area (Å²) in [7, 11) is 0. The lowest BCUT2D eigenvalue weighted by Crippen LogP contribution is -2.43. The van der Waals surface area contributed by atoms with Crippen LogP contribution in [-0.4, -0.2) is 29.3 Å². The van der Waals surface area contributed by atoms with Crippen molar-refractivity contribution in [3.63, 3.8) is 0 Å². The first kappa shape index (κ1) is 12.5. The van der Waals surface area contributed by atoms with E-state index in [1.54, 1.807) is 0 Å². The number of ether oxygens (including phenoxy) is 1. The Morgan fingerprint density at radius 3 is 2.40 bits per heavy atom. The molecule has 4 nitrogen and oxygen atoms in total. The fourth-order valence-corrected chi connectivity index (χ4v) is 1.79. The molecule has 2 atom stereocenters. The van der Waals surface area contributed by atoms with E-state index in [0.717, 1.165) is 31.6 Å². The molecule has 1 rings (SSSR count). The van der Waals surface area contributed by atoms with Gasteiger partial charge in [-0.3, -0.25) is 4.79 Å². The smallest absolute Gasteiger partial charge is 0.325 e. The Morgan fingerprint density at radius 2 is 1.93 bits per heavy atom. The third-order valence-electron chi connectivity index (χ3n) is 3.04. The first-order valence-electron chi connectivity index (χ1n) is 5.65. The fraction of sp³-hybridized carbons (Fsp3) is 0.909. The molecule has 0 amide bonds. The minimum absolute atomic E-state index is 0.00139. The van der Waals surface area contributed by atoms with Crippen LogP contribution in [0.5, 0.6) is 0 Å². The molecule has 0 saturated heterocycles. The van der Waals surface area contributed by atoms with Crippen LogP contribution in [-0.2, 0) is 9.53 Å². The molecule has 0 heterocycles. The van der Waals surface area contributed by atoms with Crippen LogP contribution in [0.4, 0.5) is 0 Å². The topological polar surface area (TPSA) is 72.5 Å². The maximum Gasteiger partial charge on any atom is 0.325 e. The number of esters is 1. The molecule has 0 aromatic rings. The van der Waals surface area contributed by atoms with E-state index in [1.807, 2.05) is 0 Å². The van der Waals surface area contributed by atoms with E-state index in [0.29, 0.717) is 0 Å². The Bertz CT molecular complexity index is 210. The number of aliphatic hydroxyl groups excluding tert-OH is 1. The van der Waals surface area contributed by atoms with E-state index in [9.17, 15) is 4.79 Å². The van der Waals surface area contributed by atoms with Crippen LogP contribution in [0.3, 0.4) is 0 Å². The van der Waals surface area contributed by atoms with E-state index >= 15 is 0 Å². The van der Waals surface area contributed by atoms with Crippen LogP contribution in [0.15, 0.2) is 0 Å². The van der Waals surface area contributed by atoms with Crippen LogP contribution in [0.25, 0.3) is 0 Å². The molecule has 0 aliphatic heterocycles. The van der Waals surface area contributed by atoms with Crippen LogP contribution in [0, 0.1) is 5.92 Å². The van der Waals surface area contributed by atoms with Gasteiger partial charge in [-0.15, -0.1) is 0 Å². The molecular formula is C11H21NO3. The first-order chi connectivity index (χ1) is 7.00. The second kappa shape index (κ2) is 5.47. The molecule has 1 fully saturated rings. The van der Waals surface area contributed by atoms with Gasteiger partial charge in [0.05, 0.1) is 6.10 Å². The van der Waals surface area contributed by atoms with Gasteiger partial charge in [0, 0.05) is 0 Å². The molecule has 0 spiro atoms. The molecule has 15 heavy (non-hydrogen) atoms. The van der Waals surface area contributed by atoms with Gasteiger partial charge in [-0.1, -0.05) is 6.92 Å². The highest BCUT2D eigenvalue weighted by Crippen LogP contribution is 2.25. The summed E-state index contributed by atoms with van der Waals surface area (Å²) in [6.45, 7) is 3.70. The quantitative estimate of drug-likeness (QED) is 0.683. The second-order valence-electron chi connectivity index (χ2n) is 4.59. The second-order valence-corrected chi connectivity index (χ2v) is 4.59. The summed E-state index contributed by atoms with van der Waals surface area (Å²) in [4.78, 5) is 11.4. The molecule has 1 aliphatic carbocycles. The average molecular weight is 215 g/mol. The fourth-order valence-electron chi connectivity index (χ4n) is 1.79. The monoisotopic (exact) mass is 215 g/mol. The minimum atomic E-state index is -0.913. The van der Waals surface area contributed by atoms with E-state index in [-0.39, 0.29) is 6.10 Å². The average Bonchev–Trinajstić information content (AvgIpc) is 2.20. The number of aliphatic hydroxyl groups is 1. The van der Waals surface area contributed by atoms with Crippen LogP contribution in [0.2, 0.25) is 0 Å². The van der Waals surface area contributed by atoms with Gasteiger partial charge in [-0.05, 0) is 38.5 Å². The van der Waals surface area contributed by atoms with Crippen molar-refractivity contribution in [1.29, 1.82) is 0 Å². The summed E-state index contributed by atoms with van der Waals surface area (Å²) in [5, 5.41) is 9.14. The lowest BCUT2D eigenvalue weighted by molar-refractivity contribution is -0.155. The van der Waals surface area contributed by atoms with E-state index in [2.05, 4.69) is 6.92 Å². The van der Waals surface area contributed by atoms with Crippen molar-refractivity contribution in [1.82, 2.24) is 0 Å². The maximum atomic E-state index is 11.4. The van der Waals surface area contributed by atoms with Crippen LogP contribution < -0.4 is 5.73 Å². The Morgan fingerprint density at radius 1 is 1.40 bits per heavy atom. The summed E-state index contributed by atoms with van der Waals surface area (Å²) >= 11 is 0. The number of nitrogens with two attached hydrogens (primary N) is 1. The van der Waals surface area contributed by atoms with Gasteiger partial charge in [-0.25, -0.2) is 0 Å². The number of hydrogen-bond acceptors (Lipinski definition) is 4. The molecule has 0 bridgehead atoms. The van der Waals surface area contributed by atoms with E-state index in [4.69, 9.17) is 15.6 Å². The number of hydrogen-bond donors (Lipinski definition) is 2. The third kappa shape index (κ3) is 3.80. The molecule has 1 aliphatic rings. The van der Waals surface area contributed by atoms with Crippen molar-refractivity contribution < 1.29 is 14.6 Å². The Kier molecular flexibility index (Phi) is 4.54. The SMILES string of the molecule is CC1CCC(OC(=O)[C@@H](N)[C@@H](C)O)CC1. The molecule has 3 N–H and O–H groups in total. The van der Waals surface area contributed by atoms with Gasteiger partial charge >= 0.3 is 5.97 Å². The lowest BCUT2D eigenvalue weighted by atomic mass is 9.89. The molecule has 4 heteroatoms. The van der Waals surface area contributed by atoms with Crippen molar-refractivity contribution in [3.05, 3.63) is 0 Å². The highest BCUT2D eigenvalue weighted by Gasteiger charge is 2.26. The third-order valence-corrected chi connectivity index (χ3v) is 3.04. The van der Waals surface area contributed by atoms with Gasteiger partial charge < -0.3 is 15.6 Å². The highest BCUT2D eigenvalue weighted by atomic mass is 16.5. The molecule has 0 radical (unpaired) electrons. The van der Waals surface area contributed by atoms with E-state index < -0.39 is 18.1 Å². The predicted molar refractivity (Wildman–Crippen MR) is 57.2 cm³/mol.